The minimum Gasteiger partial charge on any atom is -0.369 e. The zero-order valence-electron chi connectivity index (χ0n) is 6.13. The zero-order valence-corrected chi connectivity index (χ0v) is 6.95. The first kappa shape index (κ1) is 8.08. The van der Waals surface area contributed by atoms with Gasteiger partial charge in [0.05, 0.1) is 0 Å². The minimum absolute atomic E-state index is 0.0926. The maximum absolute atomic E-state index is 11.1. The lowest BCUT2D eigenvalue weighted by molar-refractivity contribution is -0.118. The maximum atomic E-state index is 11.1. The molecule has 1 fully saturated rings. The molecule has 0 amide bonds. The third kappa shape index (κ3) is 1.99. The lowest BCUT2D eigenvalue weighted by Crippen LogP contribution is -2.15. The largest absolute Gasteiger partial charge is 0.369 e. The predicted molar refractivity (Wildman–Crippen MR) is 42.1 cm³/mol. The molecule has 0 spiro atoms. The van der Waals surface area contributed by atoms with Gasteiger partial charge in [0.1, 0.15) is 6.10 Å². The van der Waals surface area contributed by atoms with Gasteiger partial charge in [0.25, 0.3) is 0 Å². The molecule has 1 rings (SSSR count). The van der Waals surface area contributed by atoms with Crippen molar-refractivity contribution >= 4 is 16.9 Å². The van der Waals surface area contributed by atoms with Crippen LogP contribution in [0.2, 0.25) is 0 Å². The molecular weight excluding hydrogens is 148 g/mol. The van der Waals surface area contributed by atoms with E-state index < -0.39 is 0 Å². The summed E-state index contributed by atoms with van der Waals surface area (Å²) in [5.41, 5.74) is 0. The van der Waals surface area contributed by atoms with Crippen molar-refractivity contribution in [3.8, 4) is 0 Å². The summed E-state index contributed by atoms with van der Waals surface area (Å²) >= 11 is 1.36. The van der Waals surface area contributed by atoms with Crippen LogP contribution in [0.25, 0.3) is 0 Å². The van der Waals surface area contributed by atoms with Crippen LogP contribution in [0.15, 0.2) is 0 Å². The SMILES string of the molecule is CCSC(=O)C1CCCO1. The molecule has 0 radical (unpaired) electrons. The minimum atomic E-state index is -0.0926. The van der Waals surface area contributed by atoms with Gasteiger partial charge in [-0.05, 0) is 18.6 Å². The molecule has 0 saturated carbocycles. The summed E-state index contributed by atoms with van der Waals surface area (Å²) in [6.07, 6.45) is 1.87. The first-order valence-corrected chi connectivity index (χ1v) is 4.61. The molecule has 1 aliphatic rings. The fourth-order valence-corrected chi connectivity index (χ4v) is 1.66. The summed E-state index contributed by atoms with van der Waals surface area (Å²) < 4.78 is 5.20. The number of carbonyl (C=O) groups is 1. The topological polar surface area (TPSA) is 26.3 Å². The first-order valence-electron chi connectivity index (χ1n) is 3.63. The van der Waals surface area contributed by atoms with Crippen molar-refractivity contribution in [2.45, 2.75) is 25.9 Å². The van der Waals surface area contributed by atoms with Gasteiger partial charge in [-0.15, -0.1) is 0 Å². The van der Waals surface area contributed by atoms with Gasteiger partial charge in [-0.1, -0.05) is 18.7 Å². The molecule has 0 aliphatic carbocycles. The Hall–Kier alpha value is -0.0200. The molecular formula is C7H12O2S. The van der Waals surface area contributed by atoms with E-state index >= 15 is 0 Å². The van der Waals surface area contributed by atoms with Gasteiger partial charge in [-0.25, -0.2) is 0 Å². The van der Waals surface area contributed by atoms with Crippen LogP contribution in [-0.2, 0) is 9.53 Å². The van der Waals surface area contributed by atoms with Crippen molar-refractivity contribution < 1.29 is 9.53 Å². The van der Waals surface area contributed by atoms with E-state index in [1.807, 2.05) is 6.92 Å². The molecule has 0 aromatic heterocycles. The number of carbonyl (C=O) groups excluding carboxylic acids is 1. The smallest absolute Gasteiger partial charge is 0.217 e. The molecule has 3 heteroatoms. The van der Waals surface area contributed by atoms with Gasteiger partial charge in [0.15, 0.2) is 0 Å². The molecule has 1 aliphatic heterocycles. The van der Waals surface area contributed by atoms with E-state index in [9.17, 15) is 4.79 Å². The first-order chi connectivity index (χ1) is 4.84. The Bertz CT molecular complexity index is 119. The van der Waals surface area contributed by atoms with E-state index in [1.54, 1.807) is 0 Å². The second kappa shape index (κ2) is 3.98. The van der Waals surface area contributed by atoms with E-state index in [0.29, 0.717) is 0 Å². The highest BCUT2D eigenvalue weighted by molar-refractivity contribution is 8.13. The Labute approximate surface area is 65.3 Å². The van der Waals surface area contributed by atoms with Gasteiger partial charge in [-0.3, -0.25) is 4.79 Å². The summed E-state index contributed by atoms with van der Waals surface area (Å²) in [6, 6.07) is 0. The van der Waals surface area contributed by atoms with Crippen LogP contribution in [0.1, 0.15) is 19.8 Å². The number of hydrogen-bond acceptors (Lipinski definition) is 3. The van der Waals surface area contributed by atoms with Gasteiger partial charge in [-0.2, -0.15) is 0 Å². The highest BCUT2D eigenvalue weighted by Crippen LogP contribution is 2.18. The molecule has 0 N–H and O–H groups in total. The van der Waals surface area contributed by atoms with E-state index in [2.05, 4.69) is 0 Å². The van der Waals surface area contributed by atoms with E-state index in [1.165, 1.54) is 11.8 Å². The fraction of sp³-hybridized carbons (Fsp3) is 0.857. The van der Waals surface area contributed by atoms with E-state index in [-0.39, 0.29) is 11.2 Å². The van der Waals surface area contributed by atoms with Gasteiger partial charge < -0.3 is 4.74 Å². The van der Waals surface area contributed by atoms with Crippen LogP contribution in [0, 0.1) is 0 Å². The lowest BCUT2D eigenvalue weighted by atomic mass is 10.3. The van der Waals surface area contributed by atoms with Gasteiger partial charge in [0, 0.05) is 6.61 Å². The number of ether oxygens (including phenoxy) is 1. The van der Waals surface area contributed by atoms with Crippen LogP contribution < -0.4 is 0 Å². The second-order valence-electron chi connectivity index (χ2n) is 2.25. The average molecular weight is 160 g/mol. The molecule has 1 saturated heterocycles. The lowest BCUT2D eigenvalue weighted by Gasteiger charge is -2.04. The van der Waals surface area contributed by atoms with E-state index in [0.717, 1.165) is 25.2 Å². The Kier molecular flexibility index (Phi) is 3.22. The maximum Gasteiger partial charge on any atom is 0.217 e. The fourth-order valence-electron chi connectivity index (χ4n) is 0.999. The number of hydrogen-bond donors (Lipinski definition) is 0. The van der Waals surface area contributed by atoms with Crippen molar-refractivity contribution in [3.05, 3.63) is 0 Å². The van der Waals surface area contributed by atoms with E-state index in [4.69, 9.17) is 4.74 Å². The highest BCUT2D eigenvalue weighted by Gasteiger charge is 2.22. The Morgan fingerprint density at radius 3 is 3.10 bits per heavy atom. The third-order valence-electron chi connectivity index (χ3n) is 1.48. The summed E-state index contributed by atoms with van der Waals surface area (Å²) in [7, 11) is 0. The van der Waals surface area contributed by atoms with Gasteiger partial charge in [0.2, 0.25) is 5.12 Å². The quantitative estimate of drug-likeness (QED) is 0.611. The zero-order chi connectivity index (χ0) is 7.40. The van der Waals surface area contributed by atoms with Crippen molar-refractivity contribution in [3.63, 3.8) is 0 Å². The summed E-state index contributed by atoms with van der Waals surface area (Å²) in [5, 5.41) is 0.208. The molecule has 0 aromatic carbocycles. The van der Waals surface area contributed by atoms with Crippen molar-refractivity contribution in [1.29, 1.82) is 0 Å². The number of rotatable bonds is 2. The second-order valence-corrected chi connectivity index (χ2v) is 3.52. The monoisotopic (exact) mass is 160 g/mol. The molecule has 2 nitrogen and oxygen atoms in total. The standard InChI is InChI=1S/C7H12O2S/c1-2-10-7(8)6-4-3-5-9-6/h6H,2-5H2,1H3. The van der Waals surface area contributed by atoms with Crippen LogP contribution in [-0.4, -0.2) is 23.6 Å². The summed E-state index contributed by atoms with van der Waals surface area (Å²) in [6.45, 7) is 2.75. The molecule has 10 heavy (non-hydrogen) atoms. The van der Waals surface area contributed by atoms with Crippen LogP contribution in [0.3, 0.4) is 0 Å². The summed E-state index contributed by atoms with van der Waals surface area (Å²) in [4.78, 5) is 11.1. The van der Waals surface area contributed by atoms with Gasteiger partial charge >= 0.3 is 0 Å². The van der Waals surface area contributed by atoms with Crippen molar-refractivity contribution in [2.75, 3.05) is 12.4 Å². The Balaban J connectivity index is 2.25. The average Bonchev–Trinajstić information content (AvgIpc) is 2.38. The van der Waals surface area contributed by atoms with Crippen LogP contribution in [0.4, 0.5) is 0 Å². The Morgan fingerprint density at radius 2 is 2.60 bits per heavy atom. The molecule has 0 bridgehead atoms. The molecule has 1 heterocycles. The Morgan fingerprint density at radius 1 is 1.80 bits per heavy atom. The molecule has 0 aromatic rings. The van der Waals surface area contributed by atoms with Crippen molar-refractivity contribution in [2.24, 2.45) is 0 Å². The molecule has 1 unspecified atom stereocenters. The summed E-state index contributed by atoms with van der Waals surface area (Å²) in [5.74, 6) is 0.860. The van der Waals surface area contributed by atoms with Crippen LogP contribution in [0.5, 0.6) is 0 Å². The molecule has 1 atom stereocenters. The third-order valence-corrected chi connectivity index (χ3v) is 2.32. The molecule has 58 valence electrons. The highest BCUT2D eigenvalue weighted by atomic mass is 32.2. The normalized spacial score (nSPS) is 25.1. The number of thioether (sulfide) groups is 1. The van der Waals surface area contributed by atoms with Crippen LogP contribution >= 0.6 is 11.8 Å². The van der Waals surface area contributed by atoms with Crippen molar-refractivity contribution in [1.82, 2.24) is 0 Å². The predicted octanol–water partition coefficient (Wildman–Crippen LogP) is 1.45.